The Morgan fingerprint density at radius 2 is 1.91 bits per heavy atom. The van der Waals surface area contributed by atoms with Crippen molar-refractivity contribution < 1.29 is 27.4 Å². The van der Waals surface area contributed by atoms with Gasteiger partial charge in [-0.3, -0.25) is 4.79 Å². The van der Waals surface area contributed by atoms with Crippen LogP contribution in [0.4, 0.5) is 13.2 Å². The van der Waals surface area contributed by atoms with Crippen LogP contribution >= 0.6 is 0 Å². The molecule has 0 bridgehead atoms. The summed E-state index contributed by atoms with van der Waals surface area (Å²) in [7, 11) is 1.84. The number of ether oxygens (including phenoxy) is 2. The van der Waals surface area contributed by atoms with Gasteiger partial charge in [0, 0.05) is 37.9 Å². The quantitative estimate of drug-likeness (QED) is 0.700. The van der Waals surface area contributed by atoms with Gasteiger partial charge in [0.05, 0.1) is 18.6 Å². The van der Waals surface area contributed by atoms with Crippen molar-refractivity contribution in [3.05, 3.63) is 30.0 Å². The van der Waals surface area contributed by atoms with Crippen LogP contribution in [0.2, 0.25) is 0 Å². The number of alkyl halides is 3. The van der Waals surface area contributed by atoms with Crippen LogP contribution in [0.25, 0.3) is 11.5 Å². The number of aromatic nitrogens is 4. The highest BCUT2D eigenvalue weighted by Gasteiger charge is 2.31. The summed E-state index contributed by atoms with van der Waals surface area (Å²) in [6, 6.07) is 1.60. The molecule has 33 heavy (non-hydrogen) atoms. The number of halogens is 3. The van der Waals surface area contributed by atoms with E-state index in [0.717, 1.165) is 18.5 Å². The molecule has 0 unspecified atom stereocenters. The first-order valence-electron chi connectivity index (χ1n) is 11.2. The number of amides is 1. The molecule has 1 N–H and O–H groups in total. The predicted molar refractivity (Wildman–Crippen MR) is 113 cm³/mol. The number of carbonyl (C=O) groups is 1. The molecule has 1 aliphatic heterocycles. The average molecular weight is 467 g/mol. The number of aryl methyl sites for hydroxylation is 1. The zero-order valence-electron chi connectivity index (χ0n) is 18.5. The molecule has 11 heteroatoms. The molecule has 1 saturated carbocycles. The van der Waals surface area contributed by atoms with Crippen molar-refractivity contribution in [2.24, 2.45) is 7.05 Å². The van der Waals surface area contributed by atoms with Gasteiger partial charge in [-0.15, -0.1) is 0 Å². The van der Waals surface area contributed by atoms with Gasteiger partial charge in [-0.05, 0) is 44.6 Å². The van der Waals surface area contributed by atoms with Crippen molar-refractivity contribution >= 4 is 5.91 Å². The second kappa shape index (κ2) is 10.2. The lowest BCUT2D eigenvalue weighted by molar-refractivity contribution is -0.188. The third-order valence-corrected chi connectivity index (χ3v) is 6.16. The minimum absolute atomic E-state index is 0.134. The lowest BCUT2D eigenvalue weighted by Crippen LogP contribution is -2.40. The summed E-state index contributed by atoms with van der Waals surface area (Å²) in [5.74, 6) is 0.309. The zero-order chi connectivity index (χ0) is 23.4. The second-order valence-corrected chi connectivity index (χ2v) is 8.65. The van der Waals surface area contributed by atoms with Crippen molar-refractivity contribution in [1.29, 1.82) is 0 Å². The summed E-state index contributed by atoms with van der Waals surface area (Å²) in [6.45, 7) is 0.0647. The van der Waals surface area contributed by atoms with Crippen molar-refractivity contribution in [3.8, 4) is 11.5 Å². The second-order valence-electron chi connectivity index (χ2n) is 8.65. The number of nitrogens with zero attached hydrogens (tertiary/aromatic N) is 4. The smallest absolute Gasteiger partial charge is 0.381 e. The molecule has 0 aromatic carbocycles. The molecule has 4 rings (SSSR count). The van der Waals surface area contributed by atoms with Gasteiger partial charge >= 0.3 is 6.18 Å². The van der Waals surface area contributed by atoms with Gasteiger partial charge in [-0.1, -0.05) is 0 Å². The number of imidazole rings is 1. The Labute approximate surface area is 189 Å². The van der Waals surface area contributed by atoms with E-state index >= 15 is 0 Å². The van der Waals surface area contributed by atoms with Crippen molar-refractivity contribution in [1.82, 2.24) is 24.8 Å². The van der Waals surface area contributed by atoms with Crippen molar-refractivity contribution in [2.45, 2.75) is 62.8 Å². The first kappa shape index (κ1) is 23.6. The summed E-state index contributed by atoms with van der Waals surface area (Å²) < 4.78 is 49.3. The largest absolute Gasteiger partial charge is 0.411 e. The Kier molecular flexibility index (Phi) is 7.28. The first-order chi connectivity index (χ1) is 15.8. The van der Waals surface area contributed by atoms with Crippen LogP contribution in [0.1, 0.15) is 60.6 Å². The van der Waals surface area contributed by atoms with Gasteiger partial charge in [-0.2, -0.15) is 13.2 Å². The maximum Gasteiger partial charge on any atom is 0.411 e. The molecule has 2 aliphatic rings. The fourth-order valence-electron chi connectivity index (χ4n) is 4.32. The highest BCUT2D eigenvalue weighted by molar-refractivity contribution is 5.93. The third-order valence-electron chi connectivity index (χ3n) is 6.16. The van der Waals surface area contributed by atoms with E-state index < -0.39 is 18.9 Å². The van der Waals surface area contributed by atoms with Crippen molar-refractivity contribution in [3.63, 3.8) is 0 Å². The van der Waals surface area contributed by atoms with Gasteiger partial charge in [0.2, 0.25) is 0 Å². The third kappa shape index (κ3) is 6.29. The SMILES string of the molecule is Cn1cncc1-c1nc(C(=O)N[C@H]2CC[C@H](OCC(F)(F)F)CC2)cc(C2CCOCC2)n1. The summed E-state index contributed by atoms with van der Waals surface area (Å²) in [4.78, 5) is 26.4. The Morgan fingerprint density at radius 3 is 2.55 bits per heavy atom. The molecule has 2 fully saturated rings. The number of nitrogens with one attached hydrogen (secondary N) is 1. The van der Waals surface area contributed by atoms with Gasteiger partial charge in [0.25, 0.3) is 5.91 Å². The first-order valence-corrected chi connectivity index (χ1v) is 11.2. The monoisotopic (exact) mass is 467 g/mol. The fourth-order valence-corrected chi connectivity index (χ4v) is 4.32. The normalized spacial score (nSPS) is 22.3. The van der Waals surface area contributed by atoms with Gasteiger partial charge < -0.3 is 19.4 Å². The number of rotatable bonds is 6. The number of carbonyl (C=O) groups excluding carboxylic acids is 1. The van der Waals surface area contributed by atoms with Crippen LogP contribution in [-0.2, 0) is 16.5 Å². The predicted octanol–water partition coefficient (Wildman–Crippen LogP) is 3.39. The Balaban J connectivity index is 1.45. The Bertz CT molecular complexity index is 951. The molecule has 0 atom stereocenters. The molecule has 0 spiro atoms. The molecule has 3 heterocycles. The van der Waals surface area contributed by atoms with Crippen LogP contribution in [0, 0.1) is 0 Å². The highest BCUT2D eigenvalue weighted by Crippen LogP contribution is 2.28. The lowest BCUT2D eigenvalue weighted by Gasteiger charge is -2.29. The zero-order valence-corrected chi connectivity index (χ0v) is 18.5. The summed E-state index contributed by atoms with van der Waals surface area (Å²) in [6.07, 6.45) is 2.25. The van der Waals surface area contributed by atoms with Gasteiger partial charge in [0.15, 0.2) is 5.82 Å². The van der Waals surface area contributed by atoms with Crippen LogP contribution < -0.4 is 5.32 Å². The molecule has 1 aliphatic carbocycles. The van der Waals surface area contributed by atoms with E-state index in [9.17, 15) is 18.0 Å². The molecule has 1 saturated heterocycles. The molecule has 1 amide bonds. The maximum atomic E-state index is 13.1. The standard InChI is InChI=1S/C22H28F3N5O3/c1-30-13-26-11-19(30)20-28-17(14-6-8-32-9-7-14)10-18(29-20)21(31)27-15-2-4-16(5-3-15)33-12-22(23,24)25/h10-11,13-16H,2-9,12H2,1H3,(H,27,31)/t15-,16-. The highest BCUT2D eigenvalue weighted by atomic mass is 19.4. The molecule has 180 valence electrons. The van der Waals surface area contributed by atoms with E-state index in [1.807, 2.05) is 7.05 Å². The Morgan fingerprint density at radius 1 is 1.18 bits per heavy atom. The molecular weight excluding hydrogens is 439 g/mol. The average Bonchev–Trinajstić information content (AvgIpc) is 3.24. The van der Waals surface area contributed by atoms with Crippen LogP contribution in [0.3, 0.4) is 0 Å². The Hall–Kier alpha value is -2.53. The minimum atomic E-state index is -4.33. The van der Waals surface area contributed by atoms with E-state index in [1.54, 1.807) is 23.2 Å². The van der Waals surface area contributed by atoms with E-state index in [-0.39, 0.29) is 23.6 Å². The minimum Gasteiger partial charge on any atom is -0.381 e. The van der Waals surface area contributed by atoms with E-state index in [4.69, 9.17) is 14.5 Å². The van der Waals surface area contributed by atoms with Gasteiger partial charge in [0.1, 0.15) is 18.0 Å². The molecule has 8 nitrogen and oxygen atoms in total. The van der Waals surface area contributed by atoms with Crippen molar-refractivity contribution in [2.75, 3.05) is 19.8 Å². The number of hydrogen-bond donors (Lipinski definition) is 1. The van der Waals surface area contributed by atoms with E-state index in [1.165, 1.54) is 0 Å². The molecule has 0 radical (unpaired) electrons. The van der Waals surface area contributed by atoms with Gasteiger partial charge in [-0.25, -0.2) is 15.0 Å². The van der Waals surface area contributed by atoms with Crippen LogP contribution in [0.5, 0.6) is 0 Å². The molecule has 2 aromatic rings. The number of hydrogen-bond acceptors (Lipinski definition) is 6. The summed E-state index contributed by atoms with van der Waals surface area (Å²) in [5, 5.41) is 2.99. The fraction of sp³-hybridized carbons (Fsp3) is 0.636. The maximum absolute atomic E-state index is 13.1. The van der Waals surface area contributed by atoms with Crippen LogP contribution in [-0.4, -0.2) is 63.6 Å². The van der Waals surface area contributed by atoms with E-state index in [0.29, 0.717) is 50.4 Å². The molecular formula is C22H28F3N5O3. The van der Waals surface area contributed by atoms with E-state index in [2.05, 4.69) is 15.3 Å². The summed E-state index contributed by atoms with van der Waals surface area (Å²) >= 11 is 0. The topological polar surface area (TPSA) is 91.2 Å². The van der Waals surface area contributed by atoms with Crippen LogP contribution in [0.15, 0.2) is 18.6 Å². The molecule has 2 aromatic heterocycles. The lowest BCUT2D eigenvalue weighted by atomic mass is 9.92. The summed E-state index contributed by atoms with van der Waals surface area (Å²) in [5.41, 5.74) is 1.79.